The Morgan fingerprint density at radius 2 is 1.76 bits per heavy atom. The summed E-state index contributed by atoms with van der Waals surface area (Å²) >= 11 is 0. The molecule has 2 aliphatic heterocycles. The number of carbonyl (C=O) groups excluding carboxylic acids is 1. The summed E-state index contributed by atoms with van der Waals surface area (Å²) in [5.74, 6) is 0.834. The number of hydrogen-bond acceptors (Lipinski definition) is 5. The van der Waals surface area contributed by atoms with Gasteiger partial charge >= 0.3 is 0 Å². The van der Waals surface area contributed by atoms with Crippen molar-refractivity contribution in [2.24, 2.45) is 0 Å². The zero-order valence-corrected chi connectivity index (χ0v) is 19.0. The summed E-state index contributed by atoms with van der Waals surface area (Å²) in [6, 6.07) is 19.7. The van der Waals surface area contributed by atoms with Crippen LogP contribution in [-0.4, -0.2) is 37.9 Å². The quantitative estimate of drug-likeness (QED) is 0.639. The molecule has 3 aromatic carbocycles. The van der Waals surface area contributed by atoms with Crippen LogP contribution < -0.4 is 14.8 Å². The normalized spacial score (nSPS) is 17.8. The lowest BCUT2D eigenvalue weighted by Crippen LogP contribution is -2.40. The Balaban J connectivity index is 1.30. The number of benzene rings is 3. The molecular weight excluding hydrogens is 440 g/mol. The molecule has 7 nitrogen and oxygen atoms in total. The van der Waals surface area contributed by atoms with E-state index < -0.39 is 16.1 Å². The van der Waals surface area contributed by atoms with Gasteiger partial charge in [-0.2, -0.15) is 4.31 Å². The van der Waals surface area contributed by atoms with Gasteiger partial charge in [-0.1, -0.05) is 35.9 Å². The molecule has 0 bridgehead atoms. The first-order valence-corrected chi connectivity index (χ1v) is 12.2. The minimum absolute atomic E-state index is 0.121. The number of anilines is 1. The Labute approximate surface area is 193 Å². The van der Waals surface area contributed by atoms with Crippen molar-refractivity contribution in [1.82, 2.24) is 4.31 Å². The van der Waals surface area contributed by atoms with E-state index in [9.17, 15) is 13.2 Å². The summed E-state index contributed by atoms with van der Waals surface area (Å²) in [6.45, 7) is 2.72. The molecule has 5 rings (SSSR count). The number of ether oxygens (including phenoxy) is 2. The molecule has 3 aromatic rings. The van der Waals surface area contributed by atoms with Crippen molar-refractivity contribution in [3.8, 4) is 11.5 Å². The van der Waals surface area contributed by atoms with Crippen molar-refractivity contribution in [2.45, 2.75) is 30.9 Å². The molecule has 0 radical (unpaired) electrons. The van der Waals surface area contributed by atoms with Crippen molar-refractivity contribution in [3.05, 3.63) is 83.4 Å². The molecule has 2 heterocycles. The Hall–Kier alpha value is -3.36. The predicted octanol–water partition coefficient (Wildman–Crippen LogP) is 3.52. The van der Waals surface area contributed by atoms with Crippen LogP contribution in [0.5, 0.6) is 11.5 Å². The molecule has 0 fully saturated rings. The molecule has 2 aliphatic rings. The highest BCUT2D eigenvalue weighted by molar-refractivity contribution is 7.89. The van der Waals surface area contributed by atoms with Crippen LogP contribution in [0.3, 0.4) is 0 Å². The van der Waals surface area contributed by atoms with Crippen molar-refractivity contribution in [2.75, 3.05) is 18.5 Å². The zero-order valence-electron chi connectivity index (χ0n) is 18.2. The second-order valence-corrected chi connectivity index (χ2v) is 10.2. The fourth-order valence-corrected chi connectivity index (χ4v) is 5.46. The van der Waals surface area contributed by atoms with Crippen molar-refractivity contribution in [1.29, 1.82) is 0 Å². The van der Waals surface area contributed by atoms with Crippen LogP contribution in [0.2, 0.25) is 0 Å². The van der Waals surface area contributed by atoms with Crippen LogP contribution in [-0.2, 0) is 27.8 Å². The topological polar surface area (TPSA) is 84.9 Å². The van der Waals surface area contributed by atoms with Crippen molar-refractivity contribution in [3.63, 3.8) is 0 Å². The molecule has 0 aliphatic carbocycles. The zero-order chi connectivity index (χ0) is 23.0. The number of sulfonamides is 1. The molecule has 8 heteroatoms. The summed E-state index contributed by atoms with van der Waals surface area (Å²) in [4.78, 5) is 13.0. The van der Waals surface area contributed by atoms with Gasteiger partial charge in [0.1, 0.15) is 6.61 Å². The summed E-state index contributed by atoms with van der Waals surface area (Å²) < 4.78 is 39.1. The monoisotopic (exact) mass is 464 g/mol. The highest BCUT2D eigenvalue weighted by Crippen LogP contribution is 2.31. The molecule has 0 saturated carbocycles. The second kappa shape index (κ2) is 8.53. The first kappa shape index (κ1) is 21.5. The van der Waals surface area contributed by atoms with E-state index in [4.69, 9.17) is 9.47 Å². The van der Waals surface area contributed by atoms with E-state index in [2.05, 4.69) is 5.32 Å². The van der Waals surface area contributed by atoms with E-state index in [-0.39, 0.29) is 24.0 Å². The smallest absolute Gasteiger partial charge is 0.269 e. The number of carbonyl (C=O) groups is 1. The second-order valence-electron chi connectivity index (χ2n) is 8.24. The lowest BCUT2D eigenvalue weighted by Gasteiger charge is -2.29. The van der Waals surface area contributed by atoms with E-state index in [1.165, 1.54) is 4.31 Å². The Morgan fingerprint density at radius 1 is 1.00 bits per heavy atom. The third kappa shape index (κ3) is 4.31. The van der Waals surface area contributed by atoms with Crippen LogP contribution in [0, 0.1) is 6.92 Å². The largest absolute Gasteiger partial charge is 0.485 e. The van der Waals surface area contributed by atoms with Gasteiger partial charge < -0.3 is 14.8 Å². The van der Waals surface area contributed by atoms with E-state index in [1.54, 1.807) is 36.4 Å². The van der Waals surface area contributed by atoms with E-state index in [1.807, 2.05) is 37.3 Å². The maximum Gasteiger partial charge on any atom is 0.269 e. The maximum atomic E-state index is 13.1. The minimum Gasteiger partial charge on any atom is -0.485 e. The number of rotatable bonds is 4. The van der Waals surface area contributed by atoms with Crippen molar-refractivity contribution < 1.29 is 22.7 Å². The maximum absolute atomic E-state index is 13.1. The lowest BCUT2D eigenvalue weighted by atomic mass is 10.0. The van der Waals surface area contributed by atoms with Gasteiger partial charge in [0.2, 0.25) is 16.1 Å². The summed E-state index contributed by atoms with van der Waals surface area (Å²) in [5.41, 5.74) is 3.56. The minimum atomic E-state index is -3.59. The number of aryl methyl sites for hydroxylation is 1. The van der Waals surface area contributed by atoms with Gasteiger partial charge in [0, 0.05) is 18.8 Å². The van der Waals surface area contributed by atoms with Gasteiger partial charge in [-0.15, -0.1) is 0 Å². The standard InChI is InChI=1S/C25H24N2O5S/c1-17-6-10-21(11-7-17)33(29,30)27-13-12-18-8-9-20(14-19(18)15-27)26-25(28)24-16-31-22-4-2-3-5-23(22)32-24/h2-11,14,24H,12-13,15-16H2,1H3,(H,26,28). The number of nitrogens with zero attached hydrogens (tertiary/aromatic N) is 1. The van der Waals surface area contributed by atoms with Gasteiger partial charge in [-0.05, 0) is 60.9 Å². The molecule has 1 amide bonds. The van der Waals surface area contributed by atoms with E-state index in [0.717, 1.165) is 16.7 Å². The average molecular weight is 465 g/mol. The Kier molecular flexibility index (Phi) is 5.55. The van der Waals surface area contributed by atoms with Crippen LogP contribution in [0.15, 0.2) is 71.6 Å². The fourth-order valence-electron chi connectivity index (χ4n) is 4.04. The van der Waals surface area contributed by atoms with Crippen LogP contribution in [0.25, 0.3) is 0 Å². The molecule has 0 saturated heterocycles. The molecule has 1 N–H and O–H groups in total. The number of hydrogen-bond donors (Lipinski definition) is 1. The predicted molar refractivity (Wildman–Crippen MR) is 124 cm³/mol. The summed E-state index contributed by atoms with van der Waals surface area (Å²) in [7, 11) is -3.59. The molecule has 0 aromatic heterocycles. The third-order valence-corrected chi connectivity index (χ3v) is 7.77. The van der Waals surface area contributed by atoms with Gasteiger partial charge in [0.05, 0.1) is 4.90 Å². The number of nitrogens with one attached hydrogen (secondary N) is 1. The SMILES string of the molecule is Cc1ccc(S(=O)(=O)N2CCc3ccc(NC(=O)C4COc5ccccc5O4)cc3C2)cc1. The first-order valence-electron chi connectivity index (χ1n) is 10.8. The third-order valence-electron chi connectivity index (χ3n) is 5.91. The molecule has 1 unspecified atom stereocenters. The van der Waals surface area contributed by atoms with Gasteiger partial charge in [0.15, 0.2) is 11.5 Å². The molecule has 170 valence electrons. The molecular formula is C25H24N2O5S. The summed E-state index contributed by atoms with van der Waals surface area (Å²) in [5, 5.41) is 2.87. The molecule has 1 atom stereocenters. The average Bonchev–Trinajstić information content (AvgIpc) is 2.83. The first-order chi connectivity index (χ1) is 15.9. The van der Waals surface area contributed by atoms with Crippen LogP contribution in [0.1, 0.15) is 16.7 Å². The van der Waals surface area contributed by atoms with E-state index in [0.29, 0.717) is 30.2 Å². The summed E-state index contributed by atoms with van der Waals surface area (Å²) in [6.07, 6.45) is -0.153. The van der Waals surface area contributed by atoms with Crippen LogP contribution in [0.4, 0.5) is 5.69 Å². The number of fused-ring (bicyclic) bond motifs is 2. The van der Waals surface area contributed by atoms with Gasteiger partial charge in [0.25, 0.3) is 5.91 Å². The number of para-hydroxylation sites is 2. The van der Waals surface area contributed by atoms with Crippen LogP contribution >= 0.6 is 0 Å². The Bertz CT molecular complexity index is 1300. The van der Waals surface area contributed by atoms with Crippen molar-refractivity contribution >= 4 is 21.6 Å². The lowest BCUT2D eigenvalue weighted by molar-refractivity contribution is -0.125. The van der Waals surface area contributed by atoms with E-state index >= 15 is 0 Å². The van der Waals surface area contributed by atoms with Gasteiger partial charge in [-0.25, -0.2) is 8.42 Å². The molecule has 33 heavy (non-hydrogen) atoms. The fraction of sp³-hybridized carbons (Fsp3) is 0.240. The Morgan fingerprint density at radius 3 is 2.55 bits per heavy atom. The highest BCUT2D eigenvalue weighted by Gasteiger charge is 2.30. The number of amides is 1. The highest BCUT2D eigenvalue weighted by atomic mass is 32.2. The van der Waals surface area contributed by atoms with Gasteiger partial charge in [-0.3, -0.25) is 4.79 Å². The molecule has 0 spiro atoms.